The van der Waals surface area contributed by atoms with E-state index in [0.29, 0.717) is 0 Å². The first-order valence-electron chi connectivity index (χ1n) is 8.37. The third-order valence-corrected chi connectivity index (χ3v) is 4.78. The topological polar surface area (TPSA) is 47.9 Å². The second kappa shape index (κ2) is 8.66. The number of alkyl halides is 6. The minimum Gasteiger partial charge on any atom is -0.406 e. The predicted molar refractivity (Wildman–Crippen MR) is 99.8 cm³/mol. The van der Waals surface area contributed by atoms with Crippen molar-refractivity contribution in [1.29, 1.82) is 0 Å². The van der Waals surface area contributed by atoms with Crippen molar-refractivity contribution in [2.75, 3.05) is 0 Å². The number of rotatable bonds is 5. The standard InChI is InChI=1S/C19H17F6NO3S/c1-17(2,3)30(27)26-16(12-6-4-8-14(10-12)28-18(20,21)22)13-7-5-9-15(11-13)29-19(23,24)25/h4-11H,1-3H3/t30-/m0/s1. The molecule has 0 N–H and O–H groups in total. The zero-order chi connectivity index (χ0) is 22.7. The summed E-state index contributed by atoms with van der Waals surface area (Å²) >= 11 is 0. The van der Waals surface area contributed by atoms with Gasteiger partial charge in [-0.05, 0) is 45.0 Å². The first-order chi connectivity index (χ1) is 13.6. The number of nitrogens with zero attached hydrogens (tertiary/aromatic N) is 1. The van der Waals surface area contributed by atoms with E-state index in [1.165, 1.54) is 24.3 Å². The van der Waals surface area contributed by atoms with Gasteiger partial charge in [-0.3, -0.25) is 0 Å². The van der Waals surface area contributed by atoms with Gasteiger partial charge in [-0.25, -0.2) is 4.21 Å². The largest absolute Gasteiger partial charge is 0.573 e. The molecule has 0 aliphatic heterocycles. The van der Waals surface area contributed by atoms with Gasteiger partial charge in [0.05, 0.1) is 10.5 Å². The zero-order valence-electron chi connectivity index (χ0n) is 16.0. The Hall–Kier alpha value is -2.56. The molecular weight excluding hydrogens is 436 g/mol. The SMILES string of the molecule is CC(C)(C)[S@](=O)N=C(c1cccc(OC(F)(F)F)c1)c1cccc(OC(F)(F)F)c1. The molecule has 0 unspecified atom stereocenters. The van der Waals surface area contributed by atoms with Crippen LogP contribution >= 0.6 is 0 Å². The van der Waals surface area contributed by atoms with Gasteiger partial charge in [-0.15, -0.1) is 26.3 Å². The van der Waals surface area contributed by atoms with Crippen LogP contribution in [0.15, 0.2) is 52.9 Å². The van der Waals surface area contributed by atoms with E-state index in [-0.39, 0.29) is 16.8 Å². The fourth-order valence-electron chi connectivity index (χ4n) is 2.17. The molecule has 0 aliphatic rings. The smallest absolute Gasteiger partial charge is 0.406 e. The molecule has 0 fully saturated rings. The summed E-state index contributed by atoms with van der Waals surface area (Å²) in [6.07, 6.45) is -9.88. The molecule has 0 spiro atoms. The average molecular weight is 453 g/mol. The monoisotopic (exact) mass is 453 g/mol. The molecule has 0 aliphatic carbocycles. The van der Waals surface area contributed by atoms with Crippen molar-refractivity contribution in [1.82, 2.24) is 0 Å². The maximum absolute atomic E-state index is 12.6. The van der Waals surface area contributed by atoms with Crippen LogP contribution < -0.4 is 9.47 Å². The van der Waals surface area contributed by atoms with Crippen molar-refractivity contribution < 1.29 is 40.0 Å². The lowest BCUT2D eigenvalue weighted by Crippen LogP contribution is -2.22. The van der Waals surface area contributed by atoms with E-state index in [2.05, 4.69) is 13.9 Å². The van der Waals surface area contributed by atoms with Gasteiger partial charge in [0.2, 0.25) is 0 Å². The van der Waals surface area contributed by atoms with Crippen LogP contribution in [0, 0.1) is 0 Å². The molecule has 1 atom stereocenters. The van der Waals surface area contributed by atoms with Crippen LogP contribution in [0.4, 0.5) is 26.3 Å². The summed E-state index contributed by atoms with van der Waals surface area (Å²) in [4.78, 5) is 0. The van der Waals surface area contributed by atoms with Crippen LogP contribution in [0.5, 0.6) is 11.5 Å². The minimum absolute atomic E-state index is 0.0681. The molecular formula is C19H17F6NO3S. The molecule has 4 nitrogen and oxygen atoms in total. The van der Waals surface area contributed by atoms with Crippen molar-refractivity contribution in [3.05, 3.63) is 59.7 Å². The van der Waals surface area contributed by atoms with Crippen molar-refractivity contribution >= 4 is 16.7 Å². The summed E-state index contributed by atoms with van der Waals surface area (Å²) in [5.74, 6) is -1.12. The van der Waals surface area contributed by atoms with E-state index in [1.54, 1.807) is 20.8 Å². The van der Waals surface area contributed by atoms with E-state index in [1.807, 2.05) is 0 Å². The Balaban J connectivity index is 2.58. The van der Waals surface area contributed by atoms with Crippen molar-refractivity contribution in [3.63, 3.8) is 0 Å². The quantitative estimate of drug-likeness (QED) is 0.426. The van der Waals surface area contributed by atoms with E-state index in [4.69, 9.17) is 0 Å². The Morgan fingerprint density at radius 1 is 0.800 bits per heavy atom. The first kappa shape index (κ1) is 23.7. The highest BCUT2D eigenvalue weighted by Crippen LogP contribution is 2.28. The third-order valence-electron chi connectivity index (χ3n) is 3.38. The fraction of sp³-hybridized carbons (Fsp3) is 0.316. The highest BCUT2D eigenvalue weighted by molar-refractivity contribution is 7.85. The number of halogens is 6. The van der Waals surface area contributed by atoms with Crippen LogP contribution in [-0.4, -0.2) is 27.4 Å². The van der Waals surface area contributed by atoms with Crippen LogP contribution in [0.1, 0.15) is 31.9 Å². The van der Waals surface area contributed by atoms with Gasteiger partial charge in [-0.1, -0.05) is 24.3 Å². The molecule has 0 amide bonds. The predicted octanol–water partition coefficient (Wildman–Crippen LogP) is 5.78. The third kappa shape index (κ3) is 7.36. The molecule has 2 rings (SSSR count). The molecule has 0 saturated heterocycles. The Labute approximate surface area is 171 Å². The van der Waals surface area contributed by atoms with Crippen LogP contribution in [0.2, 0.25) is 0 Å². The summed E-state index contributed by atoms with van der Waals surface area (Å²) in [7, 11) is -1.86. The second-order valence-electron chi connectivity index (χ2n) is 6.95. The second-order valence-corrected chi connectivity index (χ2v) is 8.86. The lowest BCUT2D eigenvalue weighted by molar-refractivity contribution is -0.275. The molecule has 0 saturated carbocycles. The van der Waals surface area contributed by atoms with Gasteiger partial charge in [0, 0.05) is 11.1 Å². The summed E-state index contributed by atoms with van der Waals surface area (Å²) in [5.41, 5.74) is 0.0560. The zero-order valence-corrected chi connectivity index (χ0v) is 16.8. The molecule has 0 bridgehead atoms. The maximum atomic E-state index is 12.6. The number of ether oxygens (including phenoxy) is 2. The minimum atomic E-state index is -4.94. The first-order valence-corrected chi connectivity index (χ1v) is 9.48. The summed E-state index contributed by atoms with van der Waals surface area (Å²) < 4.78 is 98.9. The Morgan fingerprint density at radius 2 is 1.20 bits per heavy atom. The van der Waals surface area contributed by atoms with E-state index in [0.717, 1.165) is 24.3 Å². The summed E-state index contributed by atoms with van der Waals surface area (Å²) in [6, 6.07) is 9.37. The highest BCUT2D eigenvalue weighted by atomic mass is 32.2. The molecule has 0 aromatic heterocycles. The van der Waals surface area contributed by atoms with Crippen LogP contribution in [0.3, 0.4) is 0 Å². The van der Waals surface area contributed by atoms with Crippen molar-refractivity contribution in [2.45, 2.75) is 38.2 Å². The Morgan fingerprint density at radius 3 is 1.53 bits per heavy atom. The normalized spacial score (nSPS) is 13.5. The Kier molecular flexibility index (Phi) is 6.85. The molecule has 164 valence electrons. The van der Waals surface area contributed by atoms with Gasteiger partial charge in [0.1, 0.15) is 22.5 Å². The number of benzene rings is 2. The van der Waals surface area contributed by atoms with Crippen LogP contribution in [0.25, 0.3) is 0 Å². The van der Waals surface area contributed by atoms with E-state index in [9.17, 15) is 30.6 Å². The van der Waals surface area contributed by atoms with Gasteiger partial charge >= 0.3 is 12.7 Å². The van der Waals surface area contributed by atoms with Crippen molar-refractivity contribution in [3.8, 4) is 11.5 Å². The summed E-state index contributed by atoms with van der Waals surface area (Å²) in [5, 5.41) is 0. The molecule has 0 radical (unpaired) electrons. The summed E-state index contributed by atoms with van der Waals surface area (Å²) in [6.45, 7) is 4.86. The van der Waals surface area contributed by atoms with Gasteiger partial charge < -0.3 is 9.47 Å². The van der Waals surface area contributed by atoms with Gasteiger partial charge in [-0.2, -0.15) is 4.40 Å². The van der Waals surface area contributed by atoms with E-state index < -0.39 is 40.0 Å². The van der Waals surface area contributed by atoms with Crippen molar-refractivity contribution in [2.24, 2.45) is 4.40 Å². The molecule has 30 heavy (non-hydrogen) atoms. The lowest BCUT2D eigenvalue weighted by Gasteiger charge is -2.17. The maximum Gasteiger partial charge on any atom is 0.573 e. The highest BCUT2D eigenvalue weighted by Gasteiger charge is 2.32. The molecule has 11 heteroatoms. The van der Waals surface area contributed by atoms with Gasteiger partial charge in [0.15, 0.2) is 0 Å². The average Bonchev–Trinajstić information content (AvgIpc) is 2.56. The number of hydrogen-bond acceptors (Lipinski definition) is 3. The lowest BCUT2D eigenvalue weighted by atomic mass is 10.0. The Bertz CT molecular complexity index is 887. The van der Waals surface area contributed by atoms with E-state index >= 15 is 0 Å². The fourth-order valence-corrected chi connectivity index (χ4v) is 2.82. The molecule has 2 aromatic rings. The van der Waals surface area contributed by atoms with Gasteiger partial charge in [0.25, 0.3) is 0 Å². The molecule has 0 heterocycles. The molecule has 2 aromatic carbocycles. The number of hydrogen-bond donors (Lipinski definition) is 0. The van der Waals surface area contributed by atoms with Crippen LogP contribution in [-0.2, 0) is 11.0 Å².